The summed E-state index contributed by atoms with van der Waals surface area (Å²) in [5, 5.41) is 0. The third kappa shape index (κ3) is 0.333. The second-order valence-corrected chi connectivity index (χ2v) is 1.39. The Balaban J connectivity index is 2.17. The normalized spacial score (nSPS) is 26.2. The van der Waals surface area contributed by atoms with Gasteiger partial charge >= 0.3 is 0 Å². The molecule has 1 aliphatic rings. The number of nitrogens with zero attached hydrogens (tertiary/aromatic N) is 1. The van der Waals surface area contributed by atoms with Crippen LogP contribution in [-0.4, -0.2) is 17.5 Å². The maximum absolute atomic E-state index is 5.22. The van der Waals surface area contributed by atoms with Gasteiger partial charge in [-0.2, -0.15) is 0 Å². The zero-order valence-corrected chi connectivity index (χ0v) is 3.00. The van der Waals surface area contributed by atoms with Crippen LogP contribution in [-0.2, 0) is 0 Å². The Hall–Kier alpha value is 0.250. The van der Waals surface area contributed by atoms with Gasteiger partial charge in [0.25, 0.3) is 0 Å². The smallest absolute Gasteiger partial charge is 0.0280 e. The first-order chi connectivity index (χ1) is 1.89. The molecule has 1 rings (SSSR count). The predicted molar refractivity (Wildman–Crippen MR) is 17.4 cm³/mol. The molecule has 0 aromatic rings. The molecule has 2 heteroatoms. The Bertz CT molecular complexity index is 25.2. The van der Waals surface area contributed by atoms with E-state index in [9.17, 15) is 0 Å². The number of hydrogen-bond donors (Lipinski definition) is 0. The fourth-order valence-electron chi connectivity index (χ4n) is 0.0378. The summed E-state index contributed by atoms with van der Waals surface area (Å²) in [5.41, 5.74) is 0. The number of hydrogen-bond acceptors (Lipinski definition) is 1. The summed E-state index contributed by atoms with van der Waals surface area (Å²) >= 11 is 5.22. The van der Waals surface area contributed by atoms with Crippen molar-refractivity contribution in [1.29, 1.82) is 0 Å². The zero-order chi connectivity index (χ0) is 2.99. The first kappa shape index (κ1) is 2.49. The molecule has 0 bridgehead atoms. The largest absolute Gasteiger partial charge is 0.218 e. The zero-order valence-electron chi connectivity index (χ0n) is 2.24. The fraction of sp³-hybridized carbons (Fsp3) is 1.00. The predicted octanol–water partition coefficient (Wildman–Crippen LogP) is 0.456. The molecule has 0 radical (unpaired) electrons. The van der Waals surface area contributed by atoms with Gasteiger partial charge in [0.1, 0.15) is 0 Å². The maximum atomic E-state index is 5.22. The van der Waals surface area contributed by atoms with E-state index < -0.39 is 0 Å². The lowest BCUT2D eigenvalue weighted by atomic mass is 11.0. The Morgan fingerprint density at radius 3 is 1.75 bits per heavy atom. The molecule has 1 heterocycles. The summed E-state index contributed by atoms with van der Waals surface area (Å²) in [5.74, 6) is 0. The van der Waals surface area contributed by atoms with E-state index >= 15 is 0 Å². The van der Waals surface area contributed by atoms with Crippen molar-refractivity contribution in [3.8, 4) is 0 Å². The molecule has 1 aliphatic heterocycles. The molecular formula is C2H4ClN. The van der Waals surface area contributed by atoms with E-state index in [1.807, 2.05) is 0 Å². The third-order valence-corrected chi connectivity index (χ3v) is 0.731. The van der Waals surface area contributed by atoms with Crippen molar-refractivity contribution in [3.05, 3.63) is 0 Å². The average molecular weight is 77.5 g/mol. The highest BCUT2D eigenvalue weighted by atomic mass is 35.5. The van der Waals surface area contributed by atoms with Gasteiger partial charge in [0, 0.05) is 13.1 Å². The minimum atomic E-state index is 1.08. The van der Waals surface area contributed by atoms with E-state index in [0.717, 1.165) is 13.1 Å². The summed E-state index contributed by atoms with van der Waals surface area (Å²) in [7, 11) is 0. The van der Waals surface area contributed by atoms with Crippen LogP contribution in [0.15, 0.2) is 0 Å². The first-order valence-corrected chi connectivity index (χ1v) is 1.64. The third-order valence-electron chi connectivity index (χ3n) is 0.393. The van der Waals surface area contributed by atoms with Gasteiger partial charge in [0.15, 0.2) is 0 Å². The van der Waals surface area contributed by atoms with Crippen LogP contribution < -0.4 is 0 Å². The van der Waals surface area contributed by atoms with Crippen LogP contribution in [0, 0.1) is 0 Å². The molecule has 0 amide bonds. The van der Waals surface area contributed by atoms with Crippen molar-refractivity contribution in [3.63, 3.8) is 0 Å². The molecule has 0 spiro atoms. The lowest BCUT2D eigenvalue weighted by Crippen LogP contribution is -1.59. The van der Waals surface area contributed by atoms with E-state index in [4.69, 9.17) is 11.8 Å². The minimum Gasteiger partial charge on any atom is -0.218 e. The minimum absolute atomic E-state index is 1.08. The molecule has 0 N–H and O–H groups in total. The quantitative estimate of drug-likeness (QED) is 0.300. The SMILES string of the molecule is ClN1CC1. The molecule has 0 aromatic carbocycles. The monoisotopic (exact) mass is 77.0 g/mol. The molecular weight excluding hydrogens is 73.5 g/mol. The van der Waals surface area contributed by atoms with E-state index in [1.54, 1.807) is 4.42 Å². The maximum Gasteiger partial charge on any atom is 0.0280 e. The second kappa shape index (κ2) is 0.597. The molecule has 0 unspecified atom stereocenters. The Morgan fingerprint density at radius 1 is 1.50 bits per heavy atom. The fourth-order valence-corrected chi connectivity index (χ4v) is 0.113. The van der Waals surface area contributed by atoms with Crippen molar-refractivity contribution in [1.82, 2.24) is 4.42 Å². The molecule has 24 valence electrons. The lowest BCUT2D eigenvalue weighted by molar-refractivity contribution is 0.928. The van der Waals surface area contributed by atoms with Crippen molar-refractivity contribution >= 4 is 11.8 Å². The van der Waals surface area contributed by atoms with Crippen LogP contribution in [0.5, 0.6) is 0 Å². The van der Waals surface area contributed by atoms with Crippen LogP contribution in [0.25, 0.3) is 0 Å². The number of halogens is 1. The molecule has 0 atom stereocenters. The second-order valence-electron chi connectivity index (χ2n) is 0.910. The Labute approximate surface area is 30.3 Å². The van der Waals surface area contributed by atoms with Gasteiger partial charge in [-0.05, 0) is 11.8 Å². The Kier molecular flexibility index (Phi) is 0.371. The molecule has 1 nitrogen and oxygen atoms in total. The van der Waals surface area contributed by atoms with Gasteiger partial charge in [0.2, 0.25) is 0 Å². The summed E-state index contributed by atoms with van der Waals surface area (Å²) in [4.78, 5) is 0. The first-order valence-electron chi connectivity index (χ1n) is 1.30. The summed E-state index contributed by atoms with van der Waals surface area (Å²) in [6, 6.07) is 0. The van der Waals surface area contributed by atoms with Crippen LogP contribution in [0.3, 0.4) is 0 Å². The van der Waals surface area contributed by atoms with Gasteiger partial charge in [-0.1, -0.05) is 0 Å². The highest BCUT2D eigenvalue weighted by Crippen LogP contribution is 2.04. The standard InChI is InChI=1S/C2H4ClN/c3-4-1-2-4/h1-2H2. The van der Waals surface area contributed by atoms with Crippen LogP contribution in [0.1, 0.15) is 0 Å². The van der Waals surface area contributed by atoms with Gasteiger partial charge in [-0.15, -0.1) is 0 Å². The average Bonchev–Trinajstić information content (AvgIpc) is 1.75. The van der Waals surface area contributed by atoms with E-state index in [1.165, 1.54) is 0 Å². The molecule has 0 saturated carbocycles. The van der Waals surface area contributed by atoms with Crippen LogP contribution >= 0.6 is 11.8 Å². The molecule has 1 fully saturated rings. The van der Waals surface area contributed by atoms with Gasteiger partial charge in [-0.3, -0.25) is 0 Å². The Morgan fingerprint density at radius 2 is 1.75 bits per heavy atom. The van der Waals surface area contributed by atoms with Crippen molar-refractivity contribution in [2.45, 2.75) is 0 Å². The van der Waals surface area contributed by atoms with Gasteiger partial charge in [-0.25, -0.2) is 4.42 Å². The summed E-state index contributed by atoms with van der Waals surface area (Å²) < 4.78 is 1.72. The van der Waals surface area contributed by atoms with Crippen molar-refractivity contribution < 1.29 is 0 Å². The number of rotatable bonds is 0. The molecule has 1 saturated heterocycles. The highest BCUT2D eigenvalue weighted by molar-refractivity contribution is 6.14. The van der Waals surface area contributed by atoms with Crippen molar-refractivity contribution in [2.75, 3.05) is 13.1 Å². The van der Waals surface area contributed by atoms with E-state index in [-0.39, 0.29) is 0 Å². The molecule has 4 heavy (non-hydrogen) atoms. The summed E-state index contributed by atoms with van der Waals surface area (Å²) in [6.45, 7) is 2.17. The van der Waals surface area contributed by atoms with E-state index in [0.29, 0.717) is 0 Å². The molecule has 0 aromatic heterocycles. The van der Waals surface area contributed by atoms with Crippen molar-refractivity contribution in [2.24, 2.45) is 0 Å². The van der Waals surface area contributed by atoms with Crippen LogP contribution in [0.4, 0.5) is 0 Å². The summed E-state index contributed by atoms with van der Waals surface area (Å²) in [6.07, 6.45) is 0. The van der Waals surface area contributed by atoms with Crippen LogP contribution in [0.2, 0.25) is 0 Å². The lowest BCUT2D eigenvalue weighted by Gasteiger charge is -1.61. The van der Waals surface area contributed by atoms with E-state index in [2.05, 4.69) is 0 Å². The topological polar surface area (TPSA) is 3.01 Å². The van der Waals surface area contributed by atoms with Gasteiger partial charge in [0.05, 0.1) is 0 Å². The highest BCUT2D eigenvalue weighted by Gasteiger charge is 2.11. The molecule has 0 aliphatic carbocycles. The van der Waals surface area contributed by atoms with Gasteiger partial charge < -0.3 is 0 Å².